The summed E-state index contributed by atoms with van der Waals surface area (Å²) in [5.74, 6) is 1.88. The van der Waals surface area contributed by atoms with Crippen LogP contribution in [-0.2, 0) is 9.53 Å². The van der Waals surface area contributed by atoms with Crippen molar-refractivity contribution >= 4 is 5.91 Å². The van der Waals surface area contributed by atoms with E-state index in [9.17, 15) is 4.79 Å². The van der Waals surface area contributed by atoms with E-state index in [2.05, 4.69) is 5.32 Å². The van der Waals surface area contributed by atoms with Crippen molar-refractivity contribution in [1.82, 2.24) is 5.32 Å². The Morgan fingerprint density at radius 2 is 1.89 bits per heavy atom. The predicted molar refractivity (Wildman–Crippen MR) is 74.8 cm³/mol. The van der Waals surface area contributed by atoms with Gasteiger partial charge in [0, 0.05) is 19.1 Å². The van der Waals surface area contributed by atoms with Gasteiger partial charge in [-0.3, -0.25) is 4.79 Å². The third kappa shape index (κ3) is 3.95. The summed E-state index contributed by atoms with van der Waals surface area (Å²) >= 11 is 0. The Balaban J connectivity index is 1.36. The van der Waals surface area contributed by atoms with Gasteiger partial charge in [0.15, 0.2) is 0 Å². The van der Waals surface area contributed by atoms with Crippen LogP contribution in [0.15, 0.2) is 0 Å². The highest BCUT2D eigenvalue weighted by atomic mass is 16.5. The summed E-state index contributed by atoms with van der Waals surface area (Å²) in [6.45, 7) is 0.828. The van der Waals surface area contributed by atoms with Crippen molar-refractivity contribution in [3.05, 3.63) is 0 Å². The Bertz CT molecular complexity index is 308. The van der Waals surface area contributed by atoms with Crippen molar-refractivity contribution in [3.8, 4) is 0 Å². The molecule has 0 aromatic carbocycles. The molecule has 19 heavy (non-hydrogen) atoms. The monoisotopic (exact) mass is 265 g/mol. The molecule has 0 spiro atoms. The number of ether oxygens (including phenoxy) is 1. The Morgan fingerprint density at radius 1 is 1.11 bits per heavy atom. The minimum atomic E-state index is 0.272. The van der Waals surface area contributed by atoms with E-state index in [0.717, 1.165) is 44.1 Å². The smallest absolute Gasteiger partial charge is 0.220 e. The van der Waals surface area contributed by atoms with Crippen LogP contribution in [0.25, 0.3) is 0 Å². The molecule has 2 aliphatic carbocycles. The van der Waals surface area contributed by atoms with Crippen LogP contribution in [0.3, 0.4) is 0 Å². The first-order valence-corrected chi connectivity index (χ1v) is 8.22. The molecule has 0 radical (unpaired) electrons. The van der Waals surface area contributed by atoms with Gasteiger partial charge in [0.05, 0.1) is 6.10 Å². The quantitative estimate of drug-likeness (QED) is 0.829. The molecule has 3 heteroatoms. The maximum absolute atomic E-state index is 12.0. The van der Waals surface area contributed by atoms with Gasteiger partial charge in [-0.15, -0.1) is 0 Å². The van der Waals surface area contributed by atoms with Crippen LogP contribution in [0.2, 0.25) is 0 Å². The molecule has 1 aliphatic heterocycles. The lowest BCUT2D eigenvalue weighted by Gasteiger charge is -2.30. The number of hydrogen-bond acceptors (Lipinski definition) is 2. The lowest BCUT2D eigenvalue weighted by Crippen LogP contribution is -2.42. The van der Waals surface area contributed by atoms with Gasteiger partial charge < -0.3 is 10.1 Å². The zero-order chi connectivity index (χ0) is 13.1. The molecule has 1 amide bonds. The molecular formula is C16H27NO2. The largest absolute Gasteiger partial charge is 0.378 e. The van der Waals surface area contributed by atoms with Gasteiger partial charge in [-0.2, -0.15) is 0 Å². The number of amides is 1. The fraction of sp³-hybridized carbons (Fsp3) is 0.938. The summed E-state index contributed by atoms with van der Waals surface area (Å²) in [5.41, 5.74) is 0. The summed E-state index contributed by atoms with van der Waals surface area (Å²) in [6.07, 6.45) is 12.4. The van der Waals surface area contributed by atoms with E-state index in [0.29, 0.717) is 12.1 Å². The Hall–Kier alpha value is -0.570. The molecule has 0 unspecified atom stereocenters. The maximum Gasteiger partial charge on any atom is 0.220 e. The van der Waals surface area contributed by atoms with Crippen LogP contribution < -0.4 is 5.32 Å². The lowest BCUT2D eigenvalue weighted by molar-refractivity contribution is -0.123. The summed E-state index contributed by atoms with van der Waals surface area (Å²) in [5, 5.41) is 3.24. The van der Waals surface area contributed by atoms with E-state index < -0.39 is 0 Å². The van der Waals surface area contributed by atoms with Crippen molar-refractivity contribution in [2.45, 2.75) is 76.4 Å². The molecule has 3 aliphatic rings. The fourth-order valence-electron chi connectivity index (χ4n) is 3.69. The first kappa shape index (κ1) is 13.4. The maximum atomic E-state index is 12.0. The molecule has 0 aromatic heterocycles. The second-order valence-electron chi connectivity index (χ2n) is 6.72. The SMILES string of the molecule is O=C(CCC1CCCC1)N[C@H]1CCO[C@H](C2CC2)C1. The first-order valence-electron chi connectivity index (χ1n) is 8.22. The molecule has 0 aromatic rings. The van der Waals surface area contributed by atoms with Crippen LogP contribution in [0, 0.1) is 11.8 Å². The second kappa shape index (κ2) is 6.25. The molecule has 3 fully saturated rings. The summed E-state index contributed by atoms with van der Waals surface area (Å²) in [6, 6.07) is 0.371. The zero-order valence-electron chi connectivity index (χ0n) is 11.9. The van der Waals surface area contributed by atoms with Crippen molar-refractivity contribution in [2.24, 2.45) is 11.8 Å². The van der Waals surface area contributed by atoms with Gasteiger partial charge in [0.25, 0.3) is 0 Å². The van der Waals surface area contributed by atoms with Gasteiger partial charge in [-0.1, -0.05) is 25.7 Å². The van der Waals surface area contributed by atoms with Crippen molar-refractivity contribution < 1.29 is 9.53 Å². The predicted octanol–water partition coefficient (Wildman–Crippen LogP) is 3.03. The third-order valence-corrected chi connectivity index (χ3v) is 5.08. The molecule has 2 atom stereocenters. The third-order valence-electron chi connectivity index (χ3n) is 5.08. The molecule has 1 heterocycles. The van der Waals surface area contributed by atoms with Crippen LogP contribution >= 0.6 is 0 Å². The minimum absolute atomic E-state index is 0.272. The second-order valence-corrected chi connectivity index (χ2v) is 6.72. The van der Waals surface area contributed by atoms with Crippen LogP contribution in [0.1, 0.15) is 64.2 Å². The van der Waals surface area contributed by atoms with Crippen LogP contribution in [0.5, 0.6) is 0 Å². The number of carbonyl (C=O) groups is 1. The summed E-state index contributed by atoms with van der Waals surface area (Å²) in [7, 11) is 0. The van der Waals surface area contributed by atoms with E-state index in [1.165, 1.54) is 38.5 Å². The number of hydrogen-bond donors (Lipinski definition) is 1. The fourth-order valence-corrected chi connectivity index (χ4v) is 3.69. The highest BCUT2D eigenvalue weighted by molar-refractivity contribution is 5.76. The summed E-state index contributed by atoms with van der Waals surface area (Å²) in [4.78, 5) is 12.0. The van der Waals surface area contributed by atoms with Gasteiger partial charge in [0.2, 0.25) is 5.91 Å². The van der Waals surface area contributed by atoms with E-state index in [4.69, 9.17) is 4.74 Å². The number of rotatable bonds is 5. The molecule has 1 saturated heterocycles. The zero-order valence-corrected chi connectivity index (χ0v) is 11.9. The Labute approximate surface area is 116 Å². The first-order chi connectivity index (χ1) is 9.31. The topological polar surface area (TPSA) is 38.3 Å². The van der Waals surface area contributed by atoms with Gasteiger partial charge in [-0.05, 0) is 43.9 Å². The molecule has 1 N–H and O–H groups in total. The van der Waals surface area contributed by atoms with Crippen LogP contribution in [0.4, 0.5) is 0 Å². The van der Waals surface area contributed by atoms with E-state index in [1.54, 1.807) is 0 Å². The number of carbonyl (C=O) groups excluding carboxylic acids is 1. The van der Waals surface area contributed by atoms with Gasteiger partial charge in [0.1, 0.15) is 0 Å². The van der Waals surface area contributed by atoms with Crippen LogP contribution in [-0.4, -0.2) is 24.7 Å². The summed E-state index contributed by atoms with van der Waals surface area (Å²) < 4.78 is 5.80. The molecule has 3 nitrogen and oxygen atoms in total. The average Bonchev–Trinajstić information content (AvgIpc) is 3.14. The van der Waals surface area contributed by atoms with E-state index >= 15 is 0 Å². The molecule has 3 rings (SSSR count). The molecule has 108 valence electrons. The van der Waals surface area contributed by atoms with Crippen molar-refractivity contribution in [2.75, 3.05) is 6.61 Å². The Morgan fingerprint density at radius 3 is 2.63 bits per heavy atom. The van der Waals surface area contributed by atoms with Crippen molar-refractivity contribution in [1.29, 1.82) is 0 Å². The Kier molecular flexibility index (Phi) is 4.42. The highest BCUT2D eigenvalue weighted by Gasteiger charge is 2.36. The standard InChI is InChI=1S/C16H27NO2/c18-16(8-5-12-3-1-2-4-12)17-14-9-10-19-15(11-14)13-6-7-13/h12-15H,1-11H2,(H,17,18)/t14-,15-/m0/s1. The normalized spacial score (nSPS) is 32.4. The number of nitrogens with one attached hydrogen (secondary N) is 1. The minimum Gasteiger partial charge on any atom is -0.378 e. The van der Waals surface area contributed by atoms with Gasteiger partial charge in [-0.25, -0.2) is 0 Å². The molecule has 2 saturated carbocycles. The van der Waals surface area contributed by atoms with Crippen molar-refractivity contribution in [3.63, 3.8) is 0 Å². The van der Waals surface area contributed by atoms with E-state index in [1.807, 2.05) is 0 Å². The average molecular weight is 265 g/mol. The molecule has 0 bridgehead atoms. The highest BCUT2D eigenvalue weighted by Crippen LogP contribution is 2.38. The van der Waals surface area contributed by atoms with E-state index in [-0.39, 0.29) is 5.91 Å². The molecular weight excluding hydrogens is 238 g/mol. The van der Waals surface area contributed by atoms with Gasteiger partial charge >= 0.3 is 0 Å². The lowest BCUT2D eigenvalue weighted by atomic mass is 9.98.